The van der Waals surface area contributed by atoms with E-state index in [1.807, 2.05) is 0 Å². The van der Waals surface area contributed by atoms with Gasteiger partial charge in [0, 0.05) is 6.42 Å². The minimum absolute atomic E-state index is 0.0505. The number of hydrogen-bond donors (Lipinski definition) is 1. The molecular formula is C32H62O4. The number of unbranched alkanes of at least 4 members (excludes halogenated alkanes) is 20. The van der Waals surface area contributed by atoms with Crippen molar-refractivity contribution in [3.05, 3.63) is 0 Å². The lowest BCUT2D eigenvalue weighted by Crippen LogP contribution is -2.18. The number of carbonyl (C=O) groups is 2. The summed E-state index contributed by atoms with van der Waals surface area (Å²) in [4.78, 5) is 23.4. The van der Waals surface area contributed by atoms with Crippen LogP contribution in [0.25, 0.3) is 0 Å². The van der Waals surface area contributed by atoms with Crippen molar-refractivity contribution >= 4 is 11.9 Å². The molecule has 214 valence electrons. The van der Waals surface area contributed by atoms with Crippen LogP contribution in [0.1, 0.15) is 181 Å². The van der Waals surface area contributed by atoms with E-state index in [-0.39, 0.29) is 11.9 Å². The highest BCUT2D eigenvalue weighted by Gasteiger charge is 2.19. The molecule has 0 rings (SSSR count). The van der Waals surface area contributed by atoms with E-state index in [0.717, 1.165) is 57.8 Å². The fourth-order valence-corrected chi connectivity index (χ4v) is 4.98. The SMILES string of the molecule is CCCCCCCCCCOC(=O)C(CCCCCCCCCC)CCCCCCCCCC(=O)O. The van der Waals surface area contributed by atoms with Gasteiger partial charge in [-0.15, -0.1) is 0 Å². The number of carboxylic acids is 1. The molecule has 0 aromatic carbocycles. The van der Waals surface area contributed by atoms with Crippen molar-refractivity contribution in [3.63, 3.8) is 0 Å². The van der Waals surface area contributed by atoms with E-state index in [1.54, 1.807) is 0 Å². The zero-order valence-corrected chi connectivity index (χ0v) is 24.3. The molecule has 1 N–H and O–H groups in total. The van der Waals surface area contributed by atoms with Crippen molar-refractivity contribution in [2.24, 2.45) is 5.92 Å². The lowest BCUT2D eigenvalue weighted by atomic mass is 9.94. The first kappa shape index (κ1) is 34.9. The Morgan fingerprint density at radius 3 is 1.31 bits per heavy atom. The van der Waals surface area contributed by atoms with Gasteiger partial charge in [0.15, 0.2) is 0 Å². The molecule has 0 saturated carbocycles. The number of carbonyl (C=O) groups excluding carboxylic acids is 1. The van der Waals surface area contributed by atoms with E-state index in [1.165, 1.54) is 103 Å². The van der Waals surface area contributed by atoms with Gasteiger partial charge in [0.05, 0.1) is 12.5 Å². The molecule has 0 saturated heterocycles. The topological polar surface area (TPSA) is 63.6 Å². The molecule has 0 fully saturated rings. The van der Waals surface area contributed by atoms with Crippen LogP contribution in [-0.2, 0) is 14.3 Å². The van der Waals surface area contributed by atoms with Gasteiger partial charge in [-0.2, -0.15) is 0 Å². The quantitative estimate of drug-likeness (QED) is 0.0802. The molecule has 0 aromatic heterocycles. The van der Waals surface area contributed by atoms with E-state index < -0.39 is 5.97 Å². The summed E-state index contributed by atoms with van der Waals surface area (Å²) in [5.74, 6) is -0.559. The Balaban J connectivity index is 4.07. The van der Waals surface area contributed by atoms with Crippen molar-refractivity contribution in [1.29, 1.82) is 0 Å². The average Bonchev–Trinajstić information content (AvgIpc) is 2.86. The van der Waals surface area contributed by atoms with Gasteiger partial charge in [0.25, 0.3) is 0 Å². The lowest BCUT2D eigenvalue weighted by molar-refractivity contribution is -0.149. The van der Waals surface area contributed by atoms with E-state index in [0.29, 0.717) is 13.0 Å². The van der Waals surface area contributed by atoms with Crippen LogP contribution in [0.15, 0.2) is 0 Å². The largest absolute Gasteiger partial charge is 0.481 e. The summed E-state index contributed by atoms with van der Waals surface area (Å²) >= 11 is 0. The Bertz CT molecular complexity index is 477. The minimum atomic E-state index is -0.688. The van der Waals surface area contributed by atoms with Crippen LogP contribution < -0.4 is 0 Å². The zero-order chi connectivity index (χ0) is 26.5. The molecule has 4 heteroatoms. The number of esters is 1. The van der Waals surface area contributed by atoms with E-state index in [9.17, 15) is 9.59 Å². The maximum Gasteiger partial charge on any atom is 0.308 e. The highest BCUT2D eigenvalue weighted by Crippen LogP contribution is 2.21. The standard InChI is InChI=1S/C32H62O4/c1-3-5-7-9-11-14-18-22-26-30(27-23-19-15-13-16-20-24-28-31(33)34)32(35)36-29-25-21-17-12-10-8-6-4-2/h30H,3-29H2,1-2H3,(H,33,34). The zero-order valence-electron chi connectivity index (χ0n) is 24.3. The number of rotatable bonds is 29. The van der Waals surface area contributed by atoms with Gasteiger partial charge < -0.3 is 9.84 Å². The van der Waals surface area contributed by atoms with Crippen LogP contribution in [-0.4, -0.2) is 23.7 Å². The molecule has 0 radical (unpaired) electrons. The second-order valence-electron chi connectivity index (χ2n) is 11.0. The second kappa shape index (κ2) is 28.5. The summed E-state index contributed by atoms with van der Waals surface area (Å²) in [5.41, 5.74) is 0. The third-order valence-corrected chi connectivity index (χ3v) is 7.42. The molecule has 36 heavy (non-hydrogen) atoms. The summed E-state index contributed by atoms with van der Waals surface area (Å²) in [5, 5.41) is 8.71. The fourth-order valence-electron chi connectivity index (χ4n) is 4.98. The molecule has 1 atom stereocenters. The third kappa shape index (κ3) is 26.0. The Morgan fingerprint density at radius 1 is 0.528 bits per heavy atom. The number of ether oxygens (including phenoxy) is 1. The van der Waals surface area contributed by atoms with Crippen molar-refractivity contribution in [3.8, 4) is 0 Å². The highest BCUT2D eigenvalue weighted by atomic mass is 16.5. The van der Waals surface area contributed by atoms with Crippen molar-refractivity contribution < 1.29 is 19.4 Å². The molecule has 0 aliphatic carbocycles. The van der Waals surface area contributed by atoms with Gasteiger partial charge in [-0.25, -0.2) is 0 Å². The van der Waals surface area contributed by atoms with Crippen molar-refractivity contribution in [1.82, 2.24) is 0 Å². The van der Waals surface area contributed by atoms with Crippen LogP contribution in [0.5, 0.6) is 0 Å². The molecule has 0 aliphatic rings. The predicted octanol–water partition coefficient (Wildman–Crippen LogP) is 10.4. The van der Waals surface area contributed by atoms with E-state index in [4.69, 9.17) is 9.84 Å². The molecule has 0 bridgehead atoms. The van der Waals surface area contributed by atoms with Gasteiger partial charge in [0.2, 0.25) is 0 Å². The Morgan fingerprint density at radius 2 is 0.889 bits per heavy atom. The maximum absolute atomic E-state index is 12.8. The van der Waals surface area contributed by atoms with E-state index >= 15 is 0 Å². The first-order valence-corrected chi connectivity index (χ1v) is 16.0. The van der Waals surface area contributed by atoms with Crippen molar-refractivity contribution in [2.45, 2.75) is 181 Å². The van der Waals surface area contributed by atoms with Gasteiger partial charge in [0.1, 0.15) is 0 Å². The maximum atomic E-state index is 12.8. The molecule has 4 nitrogen and oxygen atoms in total. The highest BCUT2D eigenvalue weighted by molar-refractivity contribution is 5.72. The van der Waals surface area contributed by atoms with Crippen LogP contribution >= 0.6 is 0 Å². The van der Waals surface area contributed by atoms with Gasteiger partial charge in [-0.3, -0.25) is 9.59 Å². The Kier molecular flexibility index (Phi) is 27.7. The van der Waals surface area contributed by atoms with Crippen LogP contribution in [0.3, 0.4) is 0 Å². The molecule has 0 amide bonds. The second-order valence-corrected chi connectivity index (χ2v) is 11.0. The fraction of sp³-hybridized carbons (Fsp3) is 0.938. The summed E-state index contributed by atoms with van der Waals surface area (Å²) in [7, 11) is 0. The Labute approximate surface area is 224 Å². The van der Waals surface area contributed by atoms with E-state index in [2.05, 4.69) is 13.8 Å². The smallest absolute Gasteiger partial charge is 0.308 e. The molecule has 0 heterocycles. The monoisotopic (exact) mass is 510 g/mol. The minimum Gasteiger partial charge on any atom is -0.481 e. The third-order valence-electron chi connectivity index (χ3n) is 7.42. The van der Waals surface area contributed by atoms with Crippen LogP contribution in [0, 0.1) is 5.92 Å². The van der Waals surface area contributed by atoms with Crippen LogP contribution in [0.2, 0.25) is 0 Å². The first-order valence-electron chi connectivity index (χ1n) is 16.0. The predicted molar refractivity (Wildman–Crippen MR) is 153 cm³/mol. The Hall–Kier alpha value is -1.06. The van der Waals surface area contributed by atoms with Crippen molar-refractivity contribution in [2.75, 3.05) is 6.61 Å². The normalized spacial score (nSPS) is 12.1. The number of hydrogen-bond acceptors (Lipinski definition) is 3. The lowest BCUT2D eigenvalue weighted by Gasteiger charge is -2.16. The summed E-state index contributed by atoms with van der Waals surface area (Å²) < 4.78 is 5.73. The summed E-state index contributed by atoms with van der Waals surface area (Å²) in [6.07, 6.45) is 30.3. The first-order chi connectivity index (χ1) is 17.6. The molecular weight excluding hydrogens is 448 g/mol. The number of aliphatic carboxylic acids is 1. The van der Waals surface area contributed by atoms with Gasteiger partial charge in [-0.05, 0) is 25.7 Å². The molecule has 0 aliphatic heterocycles. The summed E-state index contributed by atoms with van der Waals surface area (Å²) in [6, 6.07) is 0. The molecule has 0 spiro atoms. The molecule has 0 aromatic rings. The van der Waals surface area contributed by atoms with Gasteiger partial charge in [-0.1, -0.05) is 149 Å². The summed E-state index contributed by atoms with van der Waals surface area (Å²) in [6.45, 7) is 5.11. The molecule has 1 unspecified atom stereocenters. The number of carboxylic acid groups (broad SMARTS) is 1. The van der Waals surface area contributed by atoms with Crippen LogP contribution in [0.4, 0.5) is 0 Å². The van der Waals surface area contributed by atoms with Gasteiger partial charge >= 0.3 is 11.9 Å². The average molecular weight is 511 g/mol.